The van der Waals surface area contributed by atoms with E-state index in [1.807, 2.05) is 25.7 Å². The molecule has 1 amide bonds. The SMILES string of the molecule is CCc1nc(C2CN(CC(=O)Nc3cc(C(C)C)no3)CCO2)n[nH]1. The van der Waals surface area contributed by atoms with Crippen LogP contribution in [0.2, 0.25) is 0 Å². The predicted molar refractivity (Wildman–Crippen MR) is 90.1 cm³/mol. The van der Waals surface area contributed by atoms with E-state index in [0.29, 0.717) is 31.4 Å². The summed E-state index contributed by atoms with van der Waals surface area (Å²) in [5, 5.41) is 13.8. The van der Waals surface area contributed by atoms with E-state index < -0.39 is 0 Å². The van der Waals surface area contributed by atoms with E-state index in [-0.39, 0.29) is 24.5 Å². The molecule has 1 fully saturated rings. The van der Waals surface area contributed by atoms with Crippen molar-refractivity contribution < 1.29 is 14.1 Å². The van der Waals surface area contributed by atoms with Gasteiger partial charge in [-0.3, -0.25) is 20.1 Å². The van der Waals surface area contributed by atoms with Crippen molar-refractivity contribution in [1.82, 2.24) is 25.2 Å². The third-order valence-electron chi connectivity index (χ3n) is 4.07. The molecule has 0 radical (unpaired) electrons. The highest BCUT2D eigenvalue weighted by molar-refractivity contribution is 5.91. The molecule has 0 spiro atoms. The maximum Gasteiger partial charge on any atom is 0.240 e. The summed E-state index contributed by atoms with van der Waals surface area (Å²) in [5.74, 6) is 1.96. The van der Waals surface area contributed by atoms with Crippen molar-refractivity contribution in [2.24, 2.45) is 0 Å². The van der Waals surface area contributed by atoms with Gasteiger partial charge in [0.1, 0.15) is 11.9 Å². The number of aromatic nitrogens is 4. The van der Waals surface area contributed by atoms with Gasteiger partial charge in [-0.25, -0.2) is 4.98 Å². The number of hydrogen-bond donors (Lipinski definition) is 2. The van der Waals surface area contributed by atoms with E-state index in [9.17, 15) is 4.79 Å². The van der Waals surface area contributed by atoms with Crippen LogP contribution in [0, 0.1) is 0 Å². The second-order valence-electron chi connectivity index (χ2n) is 6.41. The number of amides is 1. The Morgan fingerprint density at radius 1 is 1.52 bits per heavy atom. The molecular formula is C16H24N6O3. The number of carbonyl (C=O) groups is 1. The lowest BCUT2D eigenvalue weighted by molar-refractivity contribution is -0.119. The molecular weight excluding hydrogens is 324 g/mol. The molecule has 0 aromatic carbocycles. The molecule has 1 aliphatic rings. The number of nitrogens with zero attached hydrogens (tertiary/aromatic N) is 4. The van der Waals surface area contributed by atoms with Gasteiger partial charge in [0.15, 0.2) is 5.82 Å². The minimum Gasteiger partial charge on any atom is -0.367 e. The molecule has 0 aliphatic carbocycles. The van der Waals surface area contributed by atoms with Gasteiger partial charge in [0.25, 0.3) is 0 Å². The minimum absolute atomic E-state index is 0.142. The van der Waals surface area contributed by atoms with E-state index in [2.05, 4.69) is 25.7 Å². The van der Waals surface area contributed by atoms with Crippen LogP contribution in [0.15, 0.2) is 10.6 Å². The zero-order valence-corrected chi connectivity index (χ0v) is 14.8. The molecule has 1 unspecified atom stereocenters. The Hall–Kier alpha value is -2.26. The van der Waals surface area contributed by atoms with Gasteiger partial charge in [-0.05, 0) is 5.92 Å². The Labute approximate surface area is 146 Å². The summed E-state index contributed by atoms with van der Waals surface area (Å²) in [5.41, 5.74) is 0.818. The predicted octanol–water partition coefficient (Wildman–Crippen LogP) is 1.49. The zero-order valence-electron chi connectivity index (χ0n) is 14.8. The summed E-state index contributed by atoms with van der Waals surface area (Å²) in [6, 6.07) is 1.75. The molecule has 9 heteroatoms. The summed E-state index contributed by atoms with van der Waals surface area (Å²) in [6.07, 6.45) is 0.567. The molecule has 0 bridgehead atoms. The third kappa shape index (κ3) is 4.43. The number of rotatable bonds is 6. The van der Waals surface area contributed by atoms with Crippen LogP contribution in [0.3, 0.4) is 0 Å². The van der Waals surface area contributed by atoms with Crippen molar-refractivity contribution in [3.8, 4) is 0 Å². The van der Waals surface area contributed by atoms with Crippen molar-refractivity contribution in [3.05, 3.63) is 23.4 Å². The zero-order chi connectivity index (χ0) is 17.8. The first-order chi connectivity index (χ1) is 12.0. The number of carbonyl (C=O) groups excluding carboxylic acids is 1. The van der Waals surface area contributed by atoms with Gasteiger partial charge in [-0.15, -0.1) is 0 Å². The van der Waals surface area contributed by atoms with E-state index in [4.69, 9.17) is 9.26 Å². The van der Waals surface area contributed by atoms with Gasteiger partial charge in [0.2, 0.25) is 11.8 Å². The van der Waals surface area contributed by atoms with Gasteiger partial charge in [0.05, 0.1) is 18.8 Å². The lowest BCUT2D eigenvalue weighted by Crippen LogP contribution is -2.42. The van der Waals surface area contributed by atoms with Gasteiger partial charge >= 0.3 is 0 Å². The Morgan fingerprint density at radius 2 is 2.36 bits per heavy atom. The minimum atomic E-state index is -0.226. The molecule has 3 rings (SSSR count). The van der Waals surface area contributed by atoms with E-state index >= 15 is 0 Å². The fraction of sp³-hybridized carbons (Fsp3) is 0.625. The average molecular weight is 348 g/mol. The molecule has 3 heterocycles. The van der Waals surface area contributed by atoms with Gasteiger partial charge < -0.3 is 9.26 Å². The number of anilines is 1. The number of morpholine rings is 1. The first-order valence-corrected chi connectivity index (χ1v) is 8.56. The maximum absolute atomic E-state index is 12.2. The fourth-order valence-electron chi connectivity index (χ4n) is 2.61. The summed E-state index contributed by atoms with van der Waals surface area (Å²) in [4.78, 5) is 18.7. The number of hydrogen-bond acceptors (Lipinski definition) is 7. The summed E-state index contributed by atoms with van der Waals surface area (Å²) < 4.78 is 10.9. The van der Waals surface area contributed by atoms with E-state index in [1.54, 1.807) is 6.07 Å². The highest BCUT2D eigenvalue weighted by Crippen LogP contribution is 2.20. The number of nitrogens with one attached hydrogen (secondary N) is 2. The Balaban J connectivity index is 1.53. The van der Waals surface area contributed by atoms with Crippen LogP contribution in [-0.4, -0.2) is 57.4 Å². The maximum atomic E-state index is 12.2. The highest BCUT2D eigenvalue weighted by Gasteiger charge is 2.26. The second kappa shape index (κ2) is 7.75. The van der Waals surface area contributed by atoms with Crippen LogP contribution in [0.4, 0.5) is 5.88 Å². The lowest BCUT2D eigenvalue weighted by Gasteiger charge is -2.30. The normalized spacial score (nSPS) is 18.6. The highest BCUT2D eigenvalue weighted by atomic mass is 16.5. The average Bonchev–Trinajstić information content (AvgIpc) is 3.24. The molecule has 1 saturated heterocycles. The topological polar surface area (TPSA) is 109 Å². The van der Waals surface area contributed by atoms with Gasteiger partial charge in [-0.1, -0.05) is 25.9 Å². The summed E-state index contributed by atoms with van der Waals surface area (Å²) >= 11 is 0. The Bertz CT molecular complexity index is 710. The van der Waals surface area contributed by atoms with Crippen LogP contribution in [0.5, 0.6) is 0 Å². The monoisotopic (exact) mass is 348 g/mol. The largest absolute Gasteiger partial charge is 0.367 e. The second-order valence-corrected chi connectivity index (χ2v) is 6.41. The quantitative estimate of drug-likeness (QED) is 0.814. The smallest absolute Gasteiger partial charge is 0.240 e. The Morgan fingerprint density at radius 3 is 3.04 bits per heavy atom. The van der Waals surface area contributed by atoms with E-state index in [1.165, 1.54) is 0 Å². The van der Waals surface area contributed by atoms with Gasteiger partial charge in [0, 0.05) is 25.6 Å². The van der Waals surface area contributed by atoms with Crippen LogP contribution in [0.1, 0.15) is 50.1 Å². The molecule has 1 aliphatic heterocycles. The van der Waals surface area contributed by atoms with E-state index in [0.717, 1.165) is 17.9 Å². The van der Waals surface area contributed by atoms with Crippen molar-refractivity contribution in [1.29, 1.82) is 0 Å². The molecule has 9 nitrogen and oxygen atoms in total. The van der Waals surface area contributed by atoms with Crippen LogP contribution in [0.25, 0.3) is 0 Å². The molecule has 25 heavy (non-hydrogen) atoms. The number of aryl methyl sites for hydroxylation is 1. The number of H-pyrrole nitrogens is 1. The van der Waals surface area contributed by atoms with Gasteiger partial charge in [-0.2, -0.15) is 5.10 Å². The Kier molecular flexibility index (Phi) is 5.44. The standard InChI is InChI=1S/C16H24N6O3/c1-4-13-17-16(20-19-13)12-8-22(5-6-24-12)9-14(23)18-15-7-11(10(2)3)21-25-15/h7,10,12H,4-6,8-9H2,1-3H3,(H,18,23)(H,17,19,20). The fourth-order valence-corrected chi connectivity index (χ4v) is 2.61. The van der Waals surface area contributed by atoms with Crippen molar-refractivity contribution in [2.75, 3.05) is 31.6 Å². The van der Waals surface area contributed by atoms with Crippen molar-refractivity contribution >= 4 is 11.8 Å². The molecule has 2 aromatic rings. The van der Waals surface area contributed by atoms with Crippen molar-refractivity contribution in [2.45, 2.75) is 39.2 Å². The number of aromatic amines is 1. The van der Waals surface area contributed by atoms with Crippen LogP contribution >= 0.6 is 0 Å². The molecule has 136 valence electrons. The molecule has 2 aromatic heterocycles. The molecule has 2 N–H and O–H groups in total. The third-order valence-corrected chi connectivity index (χ3v) is 4.07. The van der Waals surface area contributed by atoms with Crippen LogP contribution < -0.4 is 5.32 Å². The molecule has 0 saturated carbocycles. The van der Waals surface area contributed by atoms with Crippen LogP contribution in [-0.2, 0) is 16.0 Å². The van der Waals surface area contributed by atoms with Crippen molar-refractivity contribution in [3.63, 3.8) is 0 Å². The summed E-state index contributed by atoms with van der Waals surface area (Å²) in [7, 11) is 0. The molecule has 1 atom stereocenters. The first kappa shape index (κ1) is 17.6. The summed E-state index contributed by atoms with van der Waals surface area (Å²) in [6.45, 7) is 8.09. The number of ether oxygens (including phenoxy) is 1. The lowest BCUT2D eigenvalue weighted by atomic mass is 10.1. The first-order valence-electron chi connectivity index (χ1n) is 8.56.